The Morgan fingerprint density at radius 1 is 1.23 bits per heavy atom. The van der Waals surface area contributed by atoms with Crippen molar-refractivity contribution in [2.45, 2.75) is 71.3 Å². The number of rotatable bonds is 3. The number of anilines is 1. The third-order valence-electron chi connectivity index (χ3n) is 7.34. The number of nitrogen functional groups attached to an aromatic ring is 1. The van der Waals surface area contributed by atoms with Crippen LogP contribution in [0.15, 0.2) is 29.6 Å². The first-order chi connectivity index (χ1) is 16.9. The number of aryl methyl sites for hydroxylation is 1. The second kappa shape index (κ2) is 11.4. The average Bonchev–Trinajstić information content (AvgIpc) is 3.28. The average molecular weight is 499 g/mol. The van der Waals surface area contributed by atoms with E-state index in [9.17, 15) is 9.59 Å². The Morgan fingerprint density at radius 3 is 2.71 bits per heavy atom. The van der Waals surface area contributed by atoms with Crippen LogP contribution in [0.25, 0.3) is 0 Å². The molecule has 8 heteroatoms. The van der Waals surface area contributed by atoms with Gasteiger partial charge in [-0.1, -0.05) is 44.9 Å². The number of carbonyl (C=O) groups excluding carboxylic acids is 2. The van der Waals surface area contributed by atoms with Gasteiger partial charge in [0.1, 0.15) is 18.1 Å². The zero-order chi connectivity index (χ0) is 24.8. The van der Waals surface area contributed by atoms with E-state index in [1.54, 1.807) is 5.38 Å². The molecule has 35 heavy (non-hydrogen) atoms. The molecule has 0 saturated carbocycles. The number of hydrogen-bond acceptors (Lipinski definition) is 6. The zero-order valence-electron chi connectivity index (χ0n) is 20.9. The number of hydrogen-bond donors (Lipinski definition) is 2. The van der Waals surface area contributed by atoms with E-state index in [1.165, 1.54) is 16.9 Å². The number of carbonyl (C=O) groups is 2. The molecule has 3 N–H and O–H groups in total. The summed E-state index contributed by atoms with van der Waals surface area (Å²) in [6.45, 7) is 5.92. The van der Waals surface area contributed by atoms with Gasteiger partial charge in [-0.05, 0) is 56.1 Å². The van der Waals surface area contributed by atoms with Gasteiger partial charge in [-0.3, -0.25) is 9.59 Å². The summed E-state index contributed by atoms with van der Waals surface area (Å²) in [7, 11) is 0. The molecule has 0 radical (unpaired) electrons. The summed E-state index contributed by atoms with van der Waals surface area (Å²) in [5.74, 6) is 1.39. The molecule has 1 saturated heterocycles. The Hall–Kier alpha value is -2.61. The summed E-state index contributed by atoms with van der Waals surface area (Å²) in [6, 6.07) is 8.21. The van der Waals surface area contributed by atoms with Crippen LogP contribution in [0.3, 0.4) is 0 Å². The molecular weight excluding hydrogens is 460 g/mol. The predicted octanol–water partition coefficient (Wildman–Crippen LogP) is 4.67. The number of para-hydroxylation sites is 1. The lowest BCUT2D eigenvalue weighted by Gasteiger charge is -2.41. The lowest BCUT2D eigenvalue weighted by molar-refractivity contribution is -0.135. The molecule has 0 aliphatic carbocycles. The lowest BCUT2D eigenvalue weighted by atomic mass is 9.73. The SMILES string of the molecule is CC(C)C[C@H]1COc2ccccc2CCCCCC2(CCN(C(=O)c3csc(N)n3)CC2)C(=O)N1. The Bertz CT molecular complexity index is 1010. The van der Waals surface area contributed by atoms with Crippen molar-refractivity contribution in [2.75, 3.05) is 25.4 Å². The molecule has 4 rings (SSSR count). The second-order valence-corrected chi connectivity index (χ2v) is 11.3. The minimum absolute atomic E-state index is 0.0502. The van der Waals surface area contributed by atoms with Crippen LogP contribution in [0.5, 0.6) is 5.75 Å². The van der Waals surface area contributed by atoms with Crippen LogP contribution < -0.4 is 15.8 Å². The molecule has 190 valence electrons. The van der Waals surface area contributed by atoms with Gasteiger partial charge in [0, 0.05) is 18.5 Å². The van der Waals surface area contributed by atoms with Gasteiger partial charge < -0.3 is 20.7 Å². The zero-order valence-corrected chi connectivity index (χ0v) is 21.7. The smallest absolute Gasteiger partial charge is 0.273 e. The number of aromatic nitrogens is 1. The normalized spacial score (nSPS) is 21.3. The summed E-state index contributed by atoms with van der Waals surface area (Å²) < 4.78 is 6.25. The van der Waals surface area contributed by atoms with Crippen molar-refractivity contribution in [2.24, 2.45) is 11.3 Å². The van der Waals surface area contributed by atoms with E-state index in [2.05, 4.69) is 36.3 Å². The quantitative estimate of drug-likeness (QED) is 0.641. The maximum atomic E-state index is 13.8. The number of thiazole rings is 1. The van der Waals surface area contributed by atoms with Gasteiger partial charge in [-0.25, -0.2) is 4.98 Å². The van der Waals surface area contributed by atoms with Gasteiger partial charge in [0.15, 0.2) is 5.13 Å². The Balaban J connectivity index is 1.49. The van der Waals surface area contributed by atoms with Crippen LogP contribution in [-0.2, 0) is 11.2 Å². The van der Waals surface area contributed by atoms with Crippen LogP contribution >= 0.6 is 11.3 Å². The van der Waals surface area contributed by atoms with Crippen molar-refractivity contribution >= 4 is 28.3 Å². The van der Waals surface area contributed by atoms with Gasteiger partial charge >= 0.3 is 0 Å². The monoisotopic (exact) mass is 498 g/mol. The number of ether oxygens (including phenoxy) is 1. The Labute approximate surface area is 212 Å². The Morgan fingerprint density at radius 2 is 2.00 bits per heavy atom. The third kappa shape index (κ3) is 6.34. The molecule has 0 bridgehead atoms. The van der Waals surface area contributed by atoms with Crippen molar-refractivity contribution in [1.29, 1.82) is 0 Å². The van der Waals surface area contributed by atoms with E-state index < -0.39 is 5.41 Å². The highest BCUT2D eigenvalue weighted by Crippen LogP contribution is 2.38. The highest BCUT2D eigenvalue weighted by atomic mass is 32.1. The third-order valence-corrected chi connectivity index (χ3v) is 8.01. The molecule has 2 amide bonds. The predicted molar refractivity (Wildman–Crippen MR) is 140 cm³/mol. The number of benzene rings is 1. The first-order valence-electron chi connectivity index (χ1n) is 12.9. The van der Waals surface area contributed by atoms with Crippen molar-refractivity contribution in [3.8, 4) is 5.75 Å². The van der Waals surface area contributed by atoms with Gasteiger partial charge in [-0.2, -0.15) is 0 Å². The molecule has 3 heterocycles. The number of likely N-dealkylation sites (tertiary alicyclic amines) is 1. The minimum Gasteiger partial charge on any atom is -0.491 e. The summed E-state index contributed by atoms with van der Waals surface area (Å²) in [5.41, 5.74) is 6.91. The first-order valence-corrected chi connectivity index (χ1v) is 13.8. The van der Waals surface area contributed by atoms with E-state index >= 15 is 0 Å². The molecule has 1 aromatic heterocycles. The molecule has 0 unspecified atom stereocenters. The van der Waals surface area contributed by atoms with Gasteiger partial charge in [0.2, 0.25) is 5.91 Å². The largest absolute Gasteiger partial charge is 0.491 e. The summed E-state index contributed by atoms with van der Waals surface area (Å²) in [5, 5.41) is 5.47. The van der Waals surface area contributed by atoms with E-state index in [0.717, 1.165) is 44.3 Å². The summed E-state index contributed by atoms with van der Waals surface area (Å²) >= 11 is 1.28. The maximum absolute atomic E-state index is 13.8. The van der Waals surface area contributed by atoms with Crippen LogP contribution in [0, 0.1) is 11.3 Å². The van der Waals surface area contributed by atoms with Gasteiger partial charge in [0.25, 0.3) is 5.91 Å². The second-order valence-electron chi connectivity index (χ2n) is 10.4. The summed E-state index contributed by atoms with van der Waals surface area (Å²) in [6.07, 6.45) is 7.17. The van der Waals surface area contributed by atoms with E-state index in [1.807, 2.05) is 17.0 Å². The number of nitrogens with one attached hydrogen (secondary N) is 1. The topological polar surface area (TPSA) is 97.6 Å². The molecule has 2 aliphatic rings. The number of piperidine rings is 1. The molecular formula is C27H38N4O3S. The van der Waals surface area contributed by atoms with E-state index in [4.69, 9.17) is 10.5 Å². The number of nitrogens with zero attached hydrogens (tertiary/aromatic N) is 2. The fraction of sp³-hybridized carbons (Fsp3) is 0.593. The van der Waals surface area contributed by atoms with Gasteiger partial charge in [0.05, 0.1) is 11.5 Å². The number of fused-ring (bicyclic) bond motifs is 1. The van der Waals surface area contributed by atoms with Crippen molar-refractivity contribution in [1.82, 2.24) is 15.2 Å². The van der Waals surface area contributed by atoms with Crippen molar-refractivity contribution in [3.63, 3.8) is 0 Å². The highest BCUT2D eigenvalue weighted by Gasteiger charge is 2.42. The van der Waals surface area contributed by atoms with Crippen LogP contribution in [0.2, 0.25) is 0 Å². The fourth-order valence-corrected chi connectivity index (χ4v) is 5.89. The van der Waals surface area contributed by atoms with Crippen LogP contribution in [-0.4, -0.2) is 47.4 Å². The molecule has 1 aromatic carbocycles. The maximum Gasteiger partial charge on any atom is 0.273 e. The van der Waals surface area contributed by atoms with E-state index in [0.29, 0.717) is 49.3 Å². The lowest BCUT2D eigenvalue weighted by Crippen LogP contribution is -2.53. The van der Waals surface area contributed by atoms with Crippen molar-refractivity contribution in [3.05, 3.63) is 40.9 Å². The van der Waals surface area contributed by atoms with Crippen LogP contribution in [0.4, 0.5) is 5.13 Å². The molecule has 1 spiro atoms. The number of amides is 2. The molecule has 2 aromatic rings. The molecule has 7 nitrogen and oxygen atoms in total. The van der Waals surface area contributed by atoms with Crippen molar-refractivity contribution < 1.29 is 14.3 Å². The fourth-order valence-electron chi connectivity index (χ4n) is 5.35. The molecule has 2 aliphatic heterocycles. The minimum atomic E-state index is -0.450. The molecule has 1 fully saturated rings. The number of nitrogens with two attached hydrogens (primary N) is 1. The van der Waals surface area contributed by atoms with Crippen LogP contribution in [0.1, 0.15) is 74.8 Å². The summed E-state index contributed by atoms with van der Waals surface area (Å²) in [4.78, 5) is 32.6. The first kappa shape index (κ1) is 25.5. The standard InChI is InChI=1S/C27H38N4O3S/c1-19(2)16-21-17-34-23-10-6-5-9-20(23)8-4-3-7-11-27(25(33)29-21)12-14-31(15-13-27)24(32)22-18-35-26(28)30-22/h5-6,9-10,18-19,21H,3-4,7-8,11-17H2,1-2H3,(H2,28,30)(H,29,33)/t21-/m0/s1. The van der Waals surface area contributed by atoms with Gasteiger partial charge in [-0.15, -0.1) is 11.3 Å². The molecule has 1 atom stereocenters. The van der Waals surface area contributed by atoms with E-state index in [-0.39, 0.29) is 17.9 Å². The Kier molecular flexibility index (Phi) is 8.31. The highest BCUT2D eigenvalue weighted by molar-refractivity contribution is 7.13.